The van der Waals surface area contributed by atoms with Crippen LogP contribution in [0.5, 0.6) is 0 Å². The number of hydrogen-bond donors (Lipinski definition) is 0. The van der Waals surface area contributed by atoms with E-state index in [1.54, 1.807) is 0 Å². The molecule has 0 N–H and O–H groups in total. The molecule has 0 saturated carbocycles. The Morgan fingerprint density at radius 3 is 2.75 bits per heavy atom. The van der Waals surface area contributed by atoms with E-state index in [4.69, 9.17) is 8.94 Å². The van der Waals surface area contributed by atoms with Gasteiger partial charge in [-0.3, -0.25) is 0 Å². The highest BCUT2D eigenvalue weighted by Gasteiger charge is 2.19. The number of aromatic nitrogens is 3. The lowest BCUT2D eigenvalue weighted by Crippen LogP contribution is -2.02. The van der Waals surface area contributed by atoms with Crippen LogP contribution in [0.4, 0.5) is 0 Å². The number of benzene rings is 1. The van der Waals surface area contributed by atoms with E-state index in [0.29, 0.717) is 17.4 Å². The van der Waals surface area contributed by atoms with Gasteiger partial charge in [0.1, 0.15) is 12.0 Å². The number of hydrogen-bond acceptors (Lipinski definition) is 5. The van der Waals surface area contributed by atoms with Gasteiger partial charge >= 0.3 is 0 Å². The van der Waals surface area contributed by atoms with Crippen molar-refractivity contribution in [1.29, 1.82) is 0 Å². The Labute approximate surface area is 116 Å². The molecule has 3 aromatic rings. The molecule has 0 aliphatic rings. The molecule has 0 aliphatic carbocycles. The molecule has 1 atom stereocenters. The second-order valence-electron chi connectivity index (χ2n) is 4.62. The Balaban J connectivity index is 1.80. The van der Waals surface area contributed by atoms with E-state index in [2.05, 4.69) is 34.2 Å². The average Bonchev–Trinajstić information content (AvgIpc) is 3.16. The predicted molar refractivity (Wildman–Crippen MR) is 73.0 cm³/mol. The van der Waals surface area contributed by atoms with E-state index in [0.717, 1.165) is 12.8 Å². The minimum Gasteiger partial charge on any atom is -0.451 e. The lowest BCUT2D eigenvalue weighted by molar-refractivity contribution is 0.348. The van der Waals surface area contributed by atoms with Gasteiger partial charge in [0.15, 0.2) is 6.39 Å². The van der Waals surface area contributed by atoms with Crippen LogP contribution in [-0.4, -0.2) is 15.1 Å². The average molecular weight is 269 g/mol. The second-order valence-corrected chi connectivity index (χ2v) is 4.62. The van der Waals surface area contributed by atoms with Crippen LogP contribution in [-0.2, 0) is 6.42 Å². The molecule has 5 nitrogen and oxygen atoms in total. The first-order chi connectivity index (χ1) is 9.86. The SMILES string of the molecule is CCC(Cc1ccccc1)c1nc(-c2cocn2)no1. The third kappa shape index (κ3) is 2.61. The first kappa shape index (κ1) is 12.6. The molecule has 0 aliphatic heterocycles. The van der Waals surface area contributed by atoms with Crippen LogP contribution in [0.25, 0.3) is 11.5 Å². The summed E-state index contributed by atoms with van der Waals surface area (Å²) in [6.07, 6.45) is 4.69. The van der Waals surface area contributed by atoms with Gasteiger partial charge in [0, 0.05) is 5.92 Å². The molecule has 0 fully saturated rings. The van der Waals surface area contributed by atoms with Gasteiger partial charge in [-0.1, -0.05) is 42.4 Å². The van der Waals surface area contributed by atoms with Gasteiger partial charge in [0.25, 0.3) is 0 Å². The van der Waals surface area contributed by atoms with Crippen LogP contribution in [0.1, 0.15) is 30.7 Å². The zero-order valence-corrected chi connectivity index (χ0v) is 11.2. The van der Waals surface area contributed by atoms with Crippen LogP contribution in [0, 0.1) is 0 Å². The fraction of sp³-hybridized carbons (Fsp3) is 0.267. The van der Waals surface area contributed by atoms with E-state index in [1.807, 2.05) is 18.2 Å². The van der Waals surface area contributed by atoms with Gasteiger partial charge in [0.05, 0.1) is 0 Å². The Hall–Kier alpha value is -2.43. The summed E-state index contributed by atoms with van der Waals surface area (Å²) in [5.74, 6) is 1.33. The number of rotatable bonds is 5. The van der Waals surface area contributed by atoms with Crippen molar-refractivity contribution < 1.29 is 8.94 Å². The molecule has 3 rings (SSSR count). The monoisotopic (exact) mass is 269 g/mol. The van der Waals surface area contributed by atoms with E-state index < -0.39 is 0 Å². The maximum absolute atomic E-state index is 5.37. The van der Waals surface area contributed by atoms with Crippen LogP contribution in [0.2, 0.25) is 0 Å². The Kier molecular flexibility index (Phi) is 3.58. The van der Waals surface area contributed by atoms with Gasteiger partial charge in [-0.15, -0.1) is 0 Å². The minimum absolute atomic E-state index is 0.213. The second kappa shape index (κ2) is 5.69. The summed E-state index contributed by atoms with van der Waals surface area (Å²) in [6.45, 7) is 2.12. The van der Waals surface area contributed by atoms with Crippen LogP contribution >= 0.6 is 0 Å². The fourth-order valence-electron chi connectivity index (χ4n) is 2.13. The van der Waals surface area contributed by atoms with Gasteiger partial charge < -0.3 is 8.94 Å². The summed E-state index contributed by atoms with van der Waals surface area (Å²) in [4.78, 5) is 8.44. The highest BCUT2D eigenvalue weighted by Crippen LogP contribution is 2.24. The van der Waals surface area contributed by atoms with E-state index in [-0.39, 0.29) is 5.92 Å². The van der Waals surface area contributed by atoms with Crippen molar-refractivity contribution in [2.75, 3.05) is 0 Å². The van der Waals surface area contributed by atoms with Crippen molar-refractivity contribution in [2.45, 2.75) is 25.7 Å². The van der Waals surface area contributed by atoms with Crippen molar-refractivity contribution >= 4 is 0 Å². The minimum atomic E-state index is 0.213. The third-order valence-corrected chi connectivity index (χ3v) is 3.27. The highest BCUT2D eigenvalue weighted by atomic mass is 16.5. The molecule has 102 valence electrons. The van der Waals surface area contributed by atoms with Crippen molar-refractivity contribution in [2.24, 2.45) is 0 Å². The number of oxazole rings is 1. The smallest absolute Gasteiger partial charge is 0.230 e. The zero-order chi connectivity index (χ0) is 13.8. The summed E-state index contributed by atoms with van der Waals surface area (Å²) in [5.41, 5.74) is 1.86. The van der Waals surface area contributed by atoms with E-state index in [9.17, 15) is 0 Å². The van der Waals surface area contributed by atoms with Crippen molar-refractivity contribution in [3.63, 3.8) is 0 Å². The summed E-state index contributed by atoms with van der Waals surface area (Å²) in [5, 5.41) is 3.96. The van der Waals surface area contributed by atoms with Crippen molar-refractivity contribution in [3.8, 4) is 11.5 Å². The molecule has 0 bridgehead atoms. The van der Waals surface area contributed by atoms with Crippen LogP contribution in [0.15, 0.2) is 51.9 Å². The first-order valence-corrected chi connectivity index (χ1v) is 6.63. The van der Waals surface area contributed by atoms with Gasteiger partial charge in [-0.05, 0) is 18.4 Å². The van der Waals surface area contributed by atoms with Gasteiger partial charge in [0.2, 0.25) is 11.7 Å². The topological polar surface area (TPSA) is 65.0 Å². The fourth-order valence-corrected chi connectivity index (χ4v) is 2.13. The molecule has 20 heavy (non-hydrogen) atoms. The number of nitrogens with zero attached hydrogens (tertiary/aromatic N) is 3. The van der Waals surface area contributed by atoms with Gasteiger partial charge in [-0.2, -0.15) is 4.98 Å². The molecule has 0 amide bonds. The summed E-state index contributed by atoms with van der Waals surface area (Å²) < 4.78 is 10.3. The summed E-state index contributed by atoms with van der Waals surface area (Å²) in [7, 11) is 0. The van der Waals surface area contributed by atoms with E-state index >= 15 is 0 Å². The van der Waals surface area contributed by atoms with E-state index in [1.165, 1.54) is 18.2 Å². The largest absolute Gasteiger partial charge is 0.451 e. The van der Waals surface area contributed by atoms with Gasteiger partial charge in [-0.25, -0.2) is 4.98 Å². The quantitative estimate of drug-likeness (QED) is 0.709. The normalized spacial score (nSPS) is 12.4. The molecule has 0 radical (unpaired) electrons. The molecule has 2 aromatic heterocycles. The molecule has 5 heteroatoms. The molecular formula is C15H15N3O2. The van der Waals surface area contributed by atoms with Crippen molar-refractivity contribution in [3.05, 3.63) is 54.4 Å². The Morgan fingerprint density at radius 1 is 1.20 bits per heavy atom. The molecule has 0 saturated heterocycles. The Morgan fingerprint density at radius 2 is 2.05 bits per heavy atom. The molecule has 0 spiro atoms. The highest BCUT2D eigenvalue weighted by molar-refractivity contribution is 5.45. The lowest BCUT2D eigenvalue weighted by atomic mass is 9.97. The zero-order valence-electron chi connectivity index (χ0n) is 11.2. The molecule has 2 heterocycles. The first-order valence-electron chi connectivity index (χ1n) is 6.63. The standard InChI is InChI=1S/C15H15N3O2/c1-2-12(8-11-6-4-3-5-7-11)15-17-14(18-20-15)13-9-19-10-16-13/h3-7,9-10,12H,2,8H2,1H3. The molecule has 1 unspecified atom stereocenters. The van der Waals surface area contributed by atoms with Crippen LogP contribution in [0.3, 0.4) is 0 Å². The summed E-state index contributed by atoms with van der Waals surface area (Å²) >= 11 is 0. The predicted octanol–water partition coefficient (Wildman–Crippen LogP) is 3.46. The lowest BCUT2D eigenvalue weighted by Gasteiger charge is -2.09. The Bertz CT molecular complexity index is 647. The maximum atomic E-state index is 5.37. The molecule has 1 aromatic carbocycles. The third-order valence-electron chi connectivity index (χ3n) is 3.27. The summed E-state index contributed by atoms with van der Waals surface area (Å²) in [6, 6.07) is 10.3. The van der Waals surface area contributed by atoms with Crippen molar-refractivity contribution in [1.82, 2.24) is 15.1 Å². The van der Waals surface area contributed by atoms with Crippen LogP contribution < -0.4 is 0 Å². The maximum Gasteiger partial charge on any atom is 0.230 e. The molecular weight excluding hydrogens is 254 g/mol.